The molecule has 1 aromatic carbocycles. The summed E-state index contributed by atoms with van der Waals surface area (Å²) in [5, 5.41) is 16.1. The van der Waals surface area contributed by atoms with Crippen molar-refractivity contribution in [2.24, 2.45) is 7.05 Å². The molecule has 0 radical (unpaired) electrons. The molecule has 1 saturated heterocycles. The highest BCUT2D eigenvalue weighted by molar-refractivity contribution is 5.92. The van der Waals surface area contributed by atoms with Gasteiger partial charge in [0.1, 0.15) is 17.0 Å². The van der Waals surface area contributed by atoms with Gasteiger partial charge in [0.25, 0.3) is 5.91 Å². The first kappa shape index (κ1) is 27.2. The molecule has 2 aliphatic rings. The number of carboxylic acids is 1. The van der Waals surface area contributed by atoms with E-state index in [1.807, 2.05) is 36.3 Å². The van der Waals surface area contributed by atoms with Gasteiger partial charge in [0.15, 0.2) is 0 Å². The summed E-state index contributed by atoms with van der Waals surface area (Å²) in [6.07, 6.45) is 0.143. The smallest absolute Gasteiger partial charge is 0.482 e. The number of halogens is 3. The number of likely N-dealkylation sites (N-methyl/N-ethyl adjacent to an activating group) is 1. The number of likely N-dealkylation sites (tertiary alicyclic amines) is 1. The van der Waals surface area contributed by atoms with Gasteiger partial charge in [0.05, 0.1) is 18.4 Å². The molecule has 1 N–H and O–H groups in total. The van der Waals surface area contributed by atoms with Crippen LogP contribution < -0.4 is 4.74 Å². The van der Waals surface area contributed by atoms with Crippen molar-refractivity contribution >= 4 is 11.9 Å². The Hall–Kier alpha value is -3.87. The van der Waals surface area contributed by atoms with Crippen molar-refractivity contribution in [2.75, 3.05) is 33.7 Å². The molecular formula is C25H29F3N6O4. The van der Waals surface area contributed by atoms with Gasteiger partial charge in [0, 0.05) is 56.8 Å². The van der Waals surface area contributed by atoms with E-state index in [2.05, 4.69) is 34.8 Å². The minimum Gasteiger partial charge on any atom is -0.482 e. The molecule has 1 fully saturated rings. The predicted molar refractivity (Wildman–Crippen MR) is 131 cm³/mol. The Bertz CT molecular complexity index is 1310. The maximum absolute atomic E-state index is 12.9. The second-order valence-corrected chi connectivity index (χ2v) is 9.50. The lowest BCUT2D eigenvalue weighted by Gasteiger charge is -2.44. The molecule has 10 nitrogen and oxygen atoms in total. The Morgan fingerprint density at radius 2 is 1.82 bits per heavy atom. The highest BCUT2D eigenvalue weighted by Gasteiger charge is 2.46. The summed E-state index contributed by atoms with van der Waals surface area (Å²) < 4.78 is 42.1. The van der Waals surface area contributed by atoms with Crippen LogP contribution in [-0.4, -0.2) is 86.2 Å². The Kier molecular flexibility index (Phi) is 7.49. The first-order valence-corrected chi connectivity index (χ1v) is 12.0. The normalized spacial score (nSPS) is 15.8. The molecule has 0 atom stereocenters. The van der Waals surface area contributed by atoms with Crippen LogP contribution in [0.4, 0.5) is 13.2 Å². The molecule has 1 spiro atoms. The molecule has 2 aromatic heterocycles. The lowest BCUT2D eigenvalue weighted by Crippen LogP contribution is -2.49. The molecular weight excluding hydrogens is 505 g/mol. The average molecular weight is 535 g/mol. The van der Waals surface area contributed by atoms with Crippen LogP contribution in [0.1, 0.15) is 28.9 Å². The zero-order valence-corrected chi connectivity index (χ0v) is 21.3. The molecule has 1 amide bonds. The highest BCUT2D eigenvalue weighted by atomic mass is 19.4. The van der Waals surface area contributed by atoms with Crippen molar-refractivity contribution in [3.05, 3.63) is 54.0 Å². The number of amides is 1. The van der Waals surface area contributed by atoms with Gasteiger partial charge in [0.2, 0.25) is 0 Å². The number of rotatable bonds is 4. The van der Waals surface area contributed by atoms with Gasteiger partial charge in [-0.1, -0.05) is 12.1 Å². The van der Waals surface area contributed by atoms with Crippen LogP contribution in [0.25, 0.3) is 11.3 Å². The first-order chi connectivity index (χ1) is 17.9. The summed E-state index contributed by atoms with van der Waals surface area (Å²) in [5.74, 6) is -1.88. The van der Waals surface area contributed by atoms with Crippen molar-refractivity contribution in [3.63, 3.8) is 0 Å². The van der Waals surface area contributed by atoms with E-state index in [-0.39, 0.29) is 5.91 Å². The molecule has 0 unspecified atom stereocenters. The van der Waals surface area contributed by atoms with Crippen LogP contribution in [-0.2, 0) is 24.0 Å². The van der Waals surface area contributed by atoms with Gasteiger partial charge in [-0.15, -0.1) is 0 Å². The van der Waals surface area contributed by atoms with E-state index in [4.69, 9.17) is 19.7 Å². The van der Waals surface area contributed by atoms with E-state index in [9.17, 15) is 18.0 Å². The van der Waals surface area contributed by atoms with E-state index in [0.29, 0.717) is 18.8 Å². The minimum atomic E-state index is -5.08. The van der Waals surface area contributed by atoms with Crippen LogP contribution in [0.2, 0.25) is 0 Å². The predicted octanol–water partition coefficient (Wildman–Crippen LogP) is 3.00. The molecule has 4 heterocycles. The van der Waals surface area contributed by atoms with Crippen molar-refractivity contribution in [1.29, 1.82) is 0 Å². The topological polar surface area (TPSA) is 106 Å². The number of benzene rings is 1. The summed E-state index contributed by atoms with van der Waals surface area (Å²) >= 11 is 0. The number of aliphatic carboxylic acids is 1. The zero-order chi connectivity index (χ0) is 27.7. The number of ether oxygens (including phenoxy) is 1. The number of fused-ring (bicyclic) bond motifs is 4. The molecule has 204 valence electrons. The number of carbonyl (C=O) groups excluding carboxylic acids is 1. The summed E-state index contributed by atoms with van der Waals surface area (Å²) in [6.45, 7) is 2.98. The largest absolute Gasteiger partial charge is 0.490 e. The van der Waals surface area contributed by atoms with E-state index in [1.54, 1.807) is 16.9 Å². The number of carboxylic acid groups (broad SMARTS) is 1. The monoisotopic (exact) mass is 534 g/mol. The van der Waals surface area contributed by atoms with Gasteiger partial charge < -0.3 is 19.6 Å². The number of para-hydroxylation sites is 1. The van der Waals surface area contributed by atoms with Gasteiger partial charge in [-0.25, -0.2) is 4.79 Å². The zero-order valence-electron chi connectivity index (χ0n) is 21.3. The summed E-state index contributed by atoms with van der Waals surface area (Å²) in [6, 6.07) is 9.97. The number of hydrogen-bond donors (Lipinski definition) is 1. The third kappa shape index (κ3) is 5.52. The van der Waals surface area contributed by atoms with Crippen molar-refractivity contribution in [2.45, 2.75) is 31.2 Å². The van der Waals surface area contributed by atoms with Gasteiger partial charge in [-0.05, 0) is 32.3 Å². The number of piperidine rings is 1. The number of nitrogens with zero attached hydrogens (tertiary/aromatic N) is 6. The maximum atomic E-state index is 12.9. The standard InChI is InChI=1S/C23H28N6O2.C2HF3O2/c1-26(2)14-15-29-21-17-6-4-5-7-20(17)31-23(18(21)16-24-29)9-12-28(13-10-23)22(30)19-8-11-27(3)25-19;3-2(4,5)1(6)7/h4-8,11,16H,9-10,12-15H2,1-3H3;(H,6,7). The van der Waals surface area contributed by atoms with Crippen molar-refractivity contribution in [1.82, 2.24) is 29.4 Å². The number of hydrogen-bond acceptors (Lipinski definition) is 6. The van der Waals surface area contributed by atoms with E-state index in [1.165, 1.54) is 0 Å². The minimum absolute atomic E-state index is 0.0199. The highest BCUT2D eigenvalue weighted by Crippen LogP contribution is 2.49. The van der Waals surface area contributed by atoms with Crippen molar-refractivity contribution < 1.29 is 32.6 Å². The fourth-order valence-corrected chi connectivity index (χ4v) is 4.62. The Labute approximate surface area is 217 Å². The Morgan fingerprint density at radius 1 is 1.16 bits per heavy atom. The number of aromatic nitrogens is 4. The fourth-order valence-electron chi connectivity index (χ4n) is 4.62. The van der Waals surface area contributed by atoms with Crippen molar-refractivity contribution in [3.8, 4) is 17.0 Å². The summed E-state index contributed by atoms with van der Waals surface area (Å²) in [7, 11) is 5.97. The molecule has 0 bridgehead atoms. The lowest BCUT2D eigenvalue weighted by atomic mass is 9.81. The van der Waals surface area contributed by atoms with Crippen LogP contribution in [0.3, 0.4) is 0 Å². The van der Waals surface area contributed by atoms with Crippen LogP contribution in [0, 0.1) is 0 Å². The van der Waals surface area contributed by atoms with Crippen LogP contribution >= 0.6 is 0 Å². The SMILES string of the molecule is CN(C)CCn1ncc2c1-c1ccccc1OC21CCN(C(=O)c2ccn(C)n2)CC1.O=C(O)C(F)(F)F. The Morgan fingerprint density at radius 3 is 2.39 bits per heavy atom. The molecule has 0 saturated carbocycles. The maximum Gasteiger partial charge on any atom is 0.490 e. The summed E-state index contributed by atoms with van der Waals surface area (Å²) in [4.78, 5) is 25.8. The quantitative estimate of drug-likeness (QED) is 0.549. The number of alkyl halides is 3. The number of carbonyl (C=O) groups is 2. The third-order valence-electron chi connectivity index (χ3n) is 6.57. The second kappa shape index (κ2) is 10.5. The second-order valence-electron chi connectivity index (χ2n) is 9.50. The van der Waals surface area contributed by atoms with E-state index in [0.717, 1.165) is 48.5 Å². The van der Waals surface area contributed by atoms with Crippen LogP contribution in [0.15, 0.2) is 42.7 Å². The molecule has 0 aliphatic carbocycles. The third-order valence-corrected chi connectivity index (χ3v) is 6.57. The van der Waals surface area contributed by atoms with Gasteiger partial charge >= 0.3 is 12.1 Å². The van der Waals surface area contributed by atoms with Gasteiger partial charge in [-0.3, -0.25) is 14.2 Å². The first-order valence-electron chi connectivity index (χ1n) is 12.0. The van der Waals surface area contributed by atoms with Gasteiger partial charge in [-0.2, -0.15) is 23.4 Å². The molecule has 3 aromatic rings. The Balaban J connectivity index is 0.000000426. The fraction of sp³-hybridized carbons (Fsp3) is 0.440. The molecule has 2 aliphatic heterocycles. The lowest BCUT2D eigenvalue weighted by molar-refractivity contribution is -0.192. The van der Waals surface area contributed by atoms with E-state index < -0.39 is 17.7 Å². The molecule has 5 rings (SSSR count). The number of aryl methyl sites for hydroxylation is 1. The van der Waals surface area contributed by atoms with E-state index >= 15 is 0 Å². The molecule has 38 heavy (non-hydrogen) atoms. The summed E-state index contributed by atoms with van der Waals surface area (Å²) in [5.41, 5.74) is 3.40. The average Bonchev–Trinajstić information content (AvgIpc) is 3.50. The van der Waals surface area contributed by atoms with Crippen LogP contribution in [0.5, 0.6) is 5.75 Å². The molecule has 13 heteroatoms.